The number of rotatable bonds is 8. The number of halogens is 3. The van der Waals surface area contributed by atoms with Gasteiger partial charge in [-0.3, -0.25) is 0 Å². The van der Waals surface area contributed by atoms with Gasteiger partial charge in [0.1, 0.15) is 11.6 Å². The number of nitrogens with one attached hydrogen (secondary N) is 2. The number of benzene rings is 1. The van der Waals surface area contributed by atoms with Crippen molar-refractivity contribution in [3.05, 3.63) is 47.2 Å². The van der Waals surface area contributed by atoms with E-state index in [0.717, 1.165) is 38.4 Å². The molecule has 0 radical (unpaired) electrons. The zero-order valence-corrected chi connectivity index (χ0v) is 16.7. The molecule has 3 rings (SSSR count). The fourth-order valence-electron chi connectivity index (χ4n) is 3.53. The lowest BCUT2D eigenvalue weighted by molar-refractivity contribution is 0.146. The molecule has 0 bridgehead atoms. The van der Waals surface area contributed by atoms with E-state index in [0.29, 0.717) is 29.9 Å². The standard InChI is InChI=1S/C21H27F3N4O/c1-13(16-4-3-5-17(19(16)22)20(23)24)27-21-18(12-26-14(2)28-21)29-11-8-15-6-9-25-10-7-15/h3-5,12-13,15,20,25H,6-11H2,1-2H3,(H,26,27,28)/t13-/m1/s1. The zero-order valence-electron chi connectivity index (χ0n) is 16.7. The number of piperidine rings is 1. The van der Waals surface area contributed by atoms with Crippen molar-refractivity contribution >= 4 is 5.82 Å². The van der Waals surface area contributed by atoms with Crippen molar-refractivity contribution in [1.29, 1.82) is 0 Å². The van der Waals surface area contributed by atoms with E-state index in [4.69, 9.17) is 4.74 Å². The number of alkyl halides is 2. The van der Waals surface area contributed by atoms with Crippen LogP contribution < -0.4 is 15.4 Å². The molecule has 0 amide bonds. The Morgan fingerprint density at radius 3 is 2.69 bits per heavy atom. The van der Waals surface area contributed by atoms with E-state index in [1.165, 1.54) is 12.1 Å². The summed E-state index contributed by atoms with van der Waals surface area (Å²) in [6, 6.07) is 3.44. The quantitative estimate of drug-likeness (QED) is 0.657. The number of hydrogen-bond acceptors (Lipinski definition) is 5. The number of ether oxygens (including phenoxy) is 1. The Bertz CT molecular complexity index is 813. The molecule has 2 heterocycles. The van der Waals surface area contributed by atoms with Crippen molar-refractivity contribution in [3.8, 4) is 5.75 Å². The fourth-order valence-corrected chi connectivity index (χ4v) is 3.53. The Labute approximate surface area is 169 Å². The van der Waals surface area contributed by atoms with Crippen LogP contribution in [0.5, 0.6) is 5.75 Å². The van der Waals surface area contributed by atoms with Gasteiger partial charge in [0, 0.05) is 5.56 Å². The van der Waals surface area contributed by atoms with Gasteiger partial charge in [-0.1, -0.05) is 18.2 Å². The molecule has 2 N–H and O–H groups in total. The van der Waals surface area contributed by atoms with Gasteiger partial charge in [-0.25, -0.2) is 23.1 Å². The van der Waals surface area contributed by atoms with Crippen molar-refractivity contribution in [2.24, 2.45) is 5.92 Å². The smallest absolute Gasteiger partial charge is 0.266 e. The SMILES string of the molecule is Cc1ncc(OCCC2CCNCC2)c(N[C@H](C)c2cccc(C(F)F)c2F)n1. The Balaban J connectivity index is 1.69. The molecule has 0 unspecified atom stereocenters. The van der Waals surface area contributed by atoms with Crippen LogP contribution in [-0.2, 0) is 0 Å². The van der Waals surface area contributed by atoms with Crippen LogP contribution in [0.4, 0.5) is 19.0 Å². The van der Waals surface area contributed by atoms with E-state index < -0.39 is 23.8 Å². The number of anilines is 1. The molecule has 2 aromatic rings. The summed E-state index contributed by atoms with van der Waals surface area (Å²) in [6.07, 6.45) is 1.93. The molecule has 1 atom stereocenters. The monoisotopic (exact) mass is 408 g/mol. The molecule has 1 aromatic carbocycles. The van der Waals surface area contributed by atoms with Gasteiger partial charge in [-0.2, -0.15) is 0 Å². The van der Waals surface area contributed by atoms with Crippen molar-refractivity contribution in [2.45, 2.75) is 45.6 Å². The molecule has 1 fully saturated rings. The highest BCUT2D eigenvalue weighted by molar-refractivity contribution is 5.50. The number of aryl methyl sites for hydroxylation is 1. The van der Waals surface area contributed by atoms with Gasteiger partial charge < -0.3 is 15.4 Å². The molecule has 1 saturated heterocycles. The van der Waals surface area contributed by atoms with Crippen LogP contribution in [0.25, 0.3) is 0 Å². The molecular formula is C21H27F3N4O. The molecule has 1 aromatic heterocycles. The van der Waals surface area contributed by atoms with Crippen molar-refractivity contribution in [1.82, 2.24) is 15.3 Å². The highest BCUT2D eigenvalue weighted by Gasteiger charge is 2.21. The van der Waals surface area contributed by atoms with Gasteiger partial charge >= 0.3 is 0 Å². The minimum Gasteiger partial charge on any atom is -0.488 e. The molecule has 1 aliphatic heterocycles. The predicted octanol–water partition coefficient (Wildman–Crippen LogP) is 4.80. The first-order valence-corrected chi connectivity index (χ1v) is 9.96. The van der Waals surface area contributed by atoms with E-state index in [-0.39, 0.29) is 5.56 Å². The molecule has 0 spiro atoms. The van der Waals surface area contributed by atoms with Crippen molar-refractivity contribution in [3.63, 3.8) is 0 Å². The average molecular weight is 408 g/mol. The third kappa shape index (κ3) is 5.59. The van der Waals surface area contributed by atoms with Crippen LogP contribution in [0.3, 0.4) is 0 Å². The normalized spacial score (nSPS) is 16.1. The maximum Gasteiger partial charge on any atom is 0.266 e. The van der Waals surface area contributed by atoms with Gasteiger partial charge in [0.25, 0.3) is 6.43 Å². The van der Waals surface area contributed by atoms with Gasteiger partial charge in [0.15, 0.2) is 11.6 Å². The second-order valence-corrected chi connectivity index (χ2v) is 7.38. The summed E-state index contributed by atoms with van der Waals surface area (Å²) in [5.41, 5.74) is -0.451. The highest BCUT2D eigenvalue weighted by Crippen LogP contribution is 2.31. The number of nitrogens with zero attached hydrogens (tertiary/aromatic N) is 2. The lowest BCUT2D eigenvalue weighted by Crippen LogP contribution is -2.28. The summed E-state index contributed by atoms with van der Waals surface area (Å²) < 4.78 is 46.4. The van der Waals surface area contributed by atoms with Gasteiger partial charge in [-0.15, -0.1) is 0 Å². The van der Waals surface area contributed by atoms with E-state index >= 15 is 0 Å². The number of aromatic nitrogens is 2. The summed E-state index contributed by atoms with van der Waals surface area (Å²) in [6.45, 7) is 6.05. The second-order valence-electron chi connectivity index (χ2n) is 7.38. The van der Waals surface area contributed by atoms with Crippen LogP contribution in [0, 0.1) is 18.7 Å². The van der Waals surface area contributed by atoms with E-state index in [2.05, 4.69) is 20.6 Å². The van der Waals surface area contributed by atoms with Gasteiger partial charge in [0.05, 0.1) is 24.4 Å². The van der Waals surface area contributed by atoms with E-state index in [1.54, 1.807) is 20.0 Å². The molecule has 8 heteroatoms. The lowest BCUT2D eigenvalue weighted by Gasteiger charge is -2.23. The maximum absolute atomic E-state index is 14.5. The Morgan fingerprint density at radius 2 is 1.97 bits per heavy atom. The average Bonchev–Trinajstić information content (AvgIpc) is 2.70. The largest absolute Gasteiger partial charge is 0.488 e. The summed E-state index contributed by atoms with van der Waals surface area (Å²) in [5.74, 6) is 1.16. The minimum absolute atomic E-state index is 0.153. The summed E-state index contributed by atoms with van der Waals surface area (Å²) in [5, 5.41) is 6.43. The van der Waals surface area contributed by atoms with Crippen molar-refractivity contribution < 1.29 is 17.9 Å². The zero-order chi connectivity index (χ0) is 20.8. The topological polar surface area (TPSA) is 59.1 Å². The maximum atomic E-state index is 14.5. The van der Waals surface area contributed by atoms with E-state index in [9.17, 15) is 13.2 Å². The molecule has 0 aliphatic carbocycles. The second kappa shape index (κ2) is 9.91. The van der Waals surface area contributed by atoms with Gasteiger partial charge in [0.2, 0.25) is 0 Å². The van der Waals surface area contributed by atoms with Crippen LogP contribution in [-0.4, -0.2) is 29.7 Å². The third-order valence-electron chi connectivity index (χ3n) is 5.23. The molecular weight excluding hydrogens is 381 g/mol. The predicted molar refractivity (Wildman–Crippen MR) is 106 cm³/mol. The van der Waals surface area contributed by atoms with Crippen LogP contribution in [0.15, 0.2) is 24.4 Å². The Hall–Kier alpha value is -2.35. The van der Waals surface area contributed by atoms with Crippen LogP contribution in [0.1, 0.15) is 55.6 Å². The highest BCUT2D eigenvalue weighted by atomic mass is 19.3. The molecule has 29 heavy (non-hydrogen) atoms. The first-order valence-electron chi connectivity index (χ1n) is 9.96. The summed E-state index contributed by atoms with van der Waals surface area (Å²) in [4.78, 5) is 8.54. The number of hydrogen-bond donors (Lipinski definition) is 2. The van der Waals surface area contributed by atoms with Gasteiger partial charge in [-0.05, 0) is 52.1 Å². The first-order chi connectivity index (χ1) is 14.0. The molecule has 158 valence electrons. The molecule has 0 saturated carbocycles. The third-order valence-corrected chi connectivity index (χ3v) is 5.23. The van der Waals surface area contributed by atoms with Crippen LogP contribution in [0.2, 0.25) is 0 Å². The summed E-state index contributed by atoms with van der Waals surface area (Å²) in [7, 11) is 0. The van der Waals surface area contributed by atoms with Crippen LogP contribution >= 0.6 is 0 Å². The minimum atomic E-state index is -2.86. The Kier molecular flexibility index (Phi) is 7.30. The Morgan fingerprint density at radius 1 is 1.24 bits per heavy atom. The first kappa shape index (κ1) is 21.4. The fraction of sp³-hybridized carbons (Fsp3) is 0.524. The summed E-state index contributed by atoms with van der Waals surface area (Å²) >= 11 is 0. The van der Waals surface area contributed by atoms with Crippen molar-refractivity contribution in [2.75, 3.05) is 25.0 Å². The lowest BCUT2D eigenvalue weighted by atomic mass is 9.95. The molecule has 1 aliphatic rings. The molecule has 5 nitrogen and oxygen atoms in total. The van der Waals surface area contributed by atoms with E-state index in [1.807, 2.05) is 0 Å².